The summed E-state index contributed by atoms with van der Waals surface area (Å²) < 4.78 is 15.5. The monoisotopic (exact) mass is 336 g/mol. The normalized spacial score (nSPS) is 13.8. The summed E-state index contributed by atoms with van der Waals surface area (Å²) in [4.78, 5) is 25.2. The highest BCUT2D eigenvalue weighted by atomic mass is 19.1. The molecule has 0 spiro atoms. The minimum Gasteiger partial charge on any atom is -0.348 e. The number of aromatic nitrogens is 1. The van der Waals surface area contributed by atoms with Crippen LogP contribution in [0.4, 0.5) is 4.39 Å². The molecular weight excluding hydrogens is 319 g/mol. The molecule has 0 atom stereocenters. The molecule has 4 rings (SSSR count). The van der Waals surface area contributed by atoms with E-state index >= 15 is 0 Å². The average Bonchev–Trinajstić information content (AvgIpc) is 3.46. The Morgan fingerprint density at radius 1 is 1.16 bits per heavy atom. The molecule has 1 N–H and O–H groups in total. The lowest BCUT2D eigenvalue weighted by molar-refractivity contribution is 0.0949. The van der Waals surface area contributed by atoms with Crippen molar-refractivity contribution >= 4 is 16.8 Å². The Hall–Kier alpha value is -2.95. The fraction of sp³-hybridized carbons (Fsp3) is 0.200. The van der Waals surface area contributed by atoms with Crippen LogP contribution in [0.15, 0.2) is 59.5 Å². The minimum absolute atomic E-state index is 0.0564. The summed E-state index contributed by atoms with van der Waals surface area (Å²) in [7, 11) is 0. The van der Waals surface area contributed by atoms with Gasteiger partial charge in [-0.2, -0.15) is 0 Å². The van der Waals surface area contributed by atoms with Crippen LogP contribution in [0.2, 0.25) is 0 Å². The van der Waals surface area contributed by atoms with Gasteiger partial charge in [-0.1, -0.05) is 30.3 Å². The third kappa shape index (κ3) is 3.05. The Morgan fingerprint density at radius 2 is 1.92 bits per heavy atom. The molecule has 126 valence electrons. The van der Waals surface area contributed by atoms with Gasteiger partial charge in [-0.3, -0.25) is 9.59 Å². The molecule has 0 bridgehead atoms. The maximum Gasteiger partial charge on any atom is 0.257 e. The number of halogens is 1. The Balaban J connectivity index is 1.72. The van der Waals surface area contributed by atoms with Crippen LogP contribution in [-0.4, -0.2) is 10.5 Å². The molecule has 1 saturated carbocycles. The van der Waals surface area contributed by atoms with E-state index in [-0.39, 0.29) is 17.0 Å². The summed E-state index contributed by atoms with van der Waals surface area (Å²) in [6.45, 7) is 0.337. The van der Waals surface area contributed by atoms with Gasteiger partial charge in [0.15, 0.2) is 0 Å². The SMILES string of the molecule is O=C(NCc1ccccc1)c1cn(C2CC2)c2ccc(F)cc2c1=O. The first-order valence-electron chi connectivity index (χ1n) is 8.30. The molecule has 0 unspecified atom stereocenters. The van der Waals surface area contributed by atoms with Gasteiger partial charge >= 0.3 is 0 Å². The van der Waals surface area contributed by atoms with E-state index in [0.29, 0.717) is 12.1 Å². The van der Waals surface area contributed by atoms with E-state index in [9.17, 15) is 14.0 Å². The third-order valence-electron chi connectivity index (χ3n) is 4.47. The number of benzene rings is 2. The van der Waals surface area contributed by atoms with Crippen molar-refractivity contribution in [2.24, 2.45) is 0 Å². The molecule has 3 aromatic rings. The van der Waals surface area contributed by atoms with E-state index in [1.807, 2.05) is 34.9 Å². The Kier molecular flexibility index (Phi) is 3.84. The predicted octanol–water partition coefficient (Wildman–Crippen LogP) is 3.41. The van der Waals surface area contributed by atoms with Gasteiger partial charge in [0.05, 0.1) is 5.52 Å². The number of pyridine rings is 1. The maximum absolute atomic E-state index is 13.6. The highest BCUT2D eigenvalue weighted by Gasteiger charge is 2.26. The van der Waals surface area contributed by atoms with E-state index in [2.05, 4.69) is 5.32 Å². The van der Waals surface area contributed by atoms with Crippen molar-refractivity contribution in [3.05, 3.63) is 81.9 Å². The summed E-state index contributed by atoms with van der Waals surface area (Å²) in [5.74, 6) is -0.914. The topological polar surface area (TPSA) is 51.1 Å². The van der Waals surface area contributed by atoms with Crippen molar-refractivity contribution in [1.29, 1.82) is 0 Å². The Morgan fingerprint density at radius 3 is 2.64 bits per heavy atom. The van der Waals surface area contributed by atoms with Crippen molar-refractivity contribution < 1.29 is 9.18 Å². The molecular formula is C20H17FN2O2. The van der Waals surface area contributed by atoms with E-state index in [1.165, 1.54) is 12.1 Å². The molecule has 1 fully saturated rings. The summed E-state index contributed by atoms with van der Waals surface area (Å²) in [5, 5.41) is 3.03. The Bertz CT molecular complexity index is 1010. The smallest absolute Gasteiger partial charge is 0.257 e. The lowest BCUT2D eigenvalue weighted by atomic mass is 10.1. The summed E-state index contributed by atoms with van der Waals surface area (Å²) >= 11 is 0. The van der Waals surface area contributed by atoms with Crippen LogP contribution >= 0.6 is 0 Å². The number of nitrogens with one attached hydrogen (secondary N) is 1. The lowest BCUT2D eigenvalue weighted by Crippen LogP contribution is -2.29. The Labute approximate surface area is 143 Å². The van der Waals surface area contributed by atoms with E-state index in [4.69, 9.17) is 0 Å². The average molecular weight is 336 g/mol. The van der Waals surface area contributed by atoms with Crippen molar-refractivity contribution in [2.75, 3.05) is 0 Å². The molecule has 5 heteroatoms. The molecule has 0 radical (unpaired) electrons. The van der Waals surface area contributed by atoms with Gasteiger partial charge in [0.25, 0.3) is 5.91 Å². The predicted molar refractivity (Wildman–Crippen MR) is 94.0 cm³/mol. The van der Waals surface area contributed by atoms with Crippen LogP contribution in [0.1, 0.15) is 34.8 Å². The third-order valence-corrected chi connectivity index (χ3v) is 4.47. The quantitative estimate of drug-likeness (QED) is 0.794. The summed E-state index contributed by atoms with van der Waals surface area (Å²) in [6, 6.07) is 13.9. The molecule has 0 aliphatic heterocycles. The number of rotatable bonds is 4. The molecule has 1 aliphatic carbocycles. The zero-order valence-corrected chi connectivity index (χ0v) is 13.5. The number of nitrogens with zero attached hydrogens (tertiary/aromatic N) is 1. The van der Waals surface area contributed by atoms with Crippen molar-refractivity contribution in [1.82, 2.24) is 9.88 Å². The zero-order chi connectivity index (χ0) is 17.4. The number of fused-ring (bicyclic) bond motifs is 1. The van der Waals surface area contributed by atoms with E-state index < -0.39 is 17.2 Å². The molecule has 25 heavy (non-hydrogen) atoms. The van der Waals surface area contributed by atoms with Crippen molar-refractivity contribution in [3.8, 4) is 0 Å². The van der Waals surface area contributed by atoms with Crippen LogP contribution in [0, 0.1) is 5.82 Å². The fourth-order valence-electron chi connectivity index (χ4n) is 3.02. The van der Waals surface area contributed by atoms with Crippen LogP contribution in [0.25, 0.3) is 10.9 Å². The molecule has 4 nitrogen and oxygen atoms in total. The molecule has 1 amide bonds. The van der Waals surface area contributed by atoms with Crippen LogP contribution in [0.3, 0.4) is 0 Å². The first-order chi connectivity index (χ1) is 12.1. The highest BCUT2D eigenvalue weighted by Crippen LogP contribution is 2.36. The molecule has 0 saturated heterocycles. The van der Waals surface area contributed by atoms with Crippen LogP contribution < -0.4 is 10.7 Å². The van der Waals surface area contributed by atoms with Crippen LogP contribution in [-0.2, 0) is 6.54 Å². The molecule has 1 aliphatic rings. The van der Waals surface area contributed by atoms with Gasteiger partial charge in [0.2, 0.25) is 5.43 Å². The van der Waals surface area contributed by atoms with E-state index in [1.54, 1.807) is 12.3 Å². The van der Waals surface area contributed by atoms with Gasteiger partial charge in [0, 0.05) is 24.2 Å². The number of carbonyl (C=O) groups excluding carboxylic acids is 1. The first-order valence-corrected chi connectivity index (χ1v) is 8.30. The number of amides is 1. The van der Waals surface area contributed by atoms with Gasteiger partial charge < -0.3 is 9.88 Å². The number of carbonyl (C=O) groups is 1. The van der Waals surface area contributed by atoms with Crippen molar-refractivity contribution in [2.45, 2.75) is 25.4 Å². The number of hydrogen-bond acceptors (Lipinski definition) is 2. The minimum atomic E-state index is -0.478. The fourth-order valence-corrected chi connectivity index (χ4v) is 3.02. The van der Waals surface area contributed by atoms with Gasteiger partial charge in [-0.15, -0.1) is 0 Å². The second kappa shape index (κ2) is 6.16. The number of hydrogen-bond donors (Lipinski definition) is 1. The maximum atomic E-state index is 13.6. The second-order valence-electron chi connectivity index (χ2n) is 6.34. The van der Waals surface area contributed by atoms with E-state index in [0.717, 1.165) is 18.4 Å². The van der Waals surface area contributed by atoms with Crippen molar-refractivity contribution in [3.63, 3.8) is 0 Å². The van der Waals surface area contributed by atoms with Gasteiger partial charge in [-0.25, -0.2) is 4.39 Å². The molecule has 1 aromatic heterocycles. The summed E-state index contributed by atoms with van der Waals surface area (Å²) in [5.41, 5.74) is 1.25. The van der Waals surface area contributed by atoms with Crippen LogP contribution in [0.5, 0.6) is 0 Å². The first kappa shape index (κ1) is 15.6. The molecule has 2 aromatic carbocycles. The zero-order valence-electron chi connectivity index (χ0n) is 13.5. The summed E-state index contributed by atoms with van der Waals surface area (Å²) in [6.07, 6.45) is 3.61. The van der Waals surface area contributed by atoms with Gasteiger partial charge in [0.1, 0.15) is 11.4 Å². The standard InChI is InChI=1S/C20H17FN2O2/c21-14-6-9-18-16(10-14)19(24)17(12-23(18)15-7-8-15)20(25)22-11-13-4-2-1-3-5-13/h1-6,9-10,12,15H,7-8,11H2,(H,22,25). The highest BCUT2D eigenvalue weighted by molar-refractivity contribution is 5.97. The second-order valence-corrected chi connectivity index (χ2v) is 6.34. The molecule has 1 heterocycles. The van der Waals surface area contributed by atoms with Gasteiger partial charge in [-0.05, 0) is 36.6 Å². The lowest BCUT2D eigenvalue weighted by Gasteiger charge is -2.13. The largest absolute Gasteiger partial charge is 0.348 e.